The van der Waals surface area contributed by atoms with Gasteiger partial charge in [0.1, 0.15) is 0 Å². The van der Waals surface area contributed by atoms with Gasteiger partial charge in [0.05, 0.1) is 17.2 Å². The van der Waals surface area contributed by atoms with E-state index in [0.29, 0.717) is 27.9 Å². The molecule has 0 aliphatic heterocycles. The largest absolute Gasteiger partial charge is 0.462 e. The van der Waals surface area contributed by atoms with Gasteiger partial charge >= 0.3 is 5.97 Å². The maximum atomic E-state index is 11.8. The van der Waals surface area contributed by atoms with Gasteiger partial charge < -0.3 is 15.4 Å². The van der Waals surface area contributed by atoms with Crippen molar-refractivity contribution in [1.29, 1.82) is 0 Å². The van der Waals surface area contributed by atoms with Crippen molar-refractivity contribution in [1.82, 2.24) is 10.3 Å². The normalized spacial score (nSPS) is 10.0. The number of ether oxygens (including phenoxy) is 1. The molecule has 2 rings (SSSR count). The van der Waals surface area contributed by atoms with Crippen LogP contribution >= 0.6 is 23.8 Å². The van der Waals surface area contributed by atoms with Crippen molar-refractivity contribution in [3.8, 4) is 0 Å². The van der Waals surface area contributed by atoms with Crippen molar-refractivity contribution in [2.75, 3.05) is 11.9 Å². The van der Waals surface area contributed by atoms with Crippen molar-refractivity contribution in [3.63, 3.8) is 0 Å². The van der Waals surface area contributed by atoms with Crippen molar-refractivity contribution in [2.24, 2.45) is 0 Å². The first kappa shape index (κ1) is 17.2. The Morgan fingerprint density at radius 1 is 1.39 bits per heavy atom. The average Bonchev–Trinajstić information content (AvgIpc) is 2.56. The number of thiocarbonyl (C=S) groups is 1. The molecule has 0 atom stereocenters. The Bertz CT molecular complexity index is 695. The molecular weight excluding hydrogens is 334 g/mol. The van der Waals surface area contributed by atoms with E-state index in [-0.39, 0.29) is 6.61 Å². The Labute approximate surface area is 145 Å². The molecule has 0 spiro atoms. The Balaban J connectivity index is 1.98. The van der Waals surface area contributed by atoms with Gasteiger partial charge in [-0.2, -0.15) is 0 Å². The van der Waals surface area contributed by atoms with Crippen LogP contribution in [-0.4, -0.2) is 22.7 Å². The molecule has 23 heavy (non-hydrogen) atoms. The number of aromatic nitrogens is 1. The zero-order chi connectivity index (χ0) is 16.7. The van der Waals surface area contributed by atoms with Crippen LogP contribution in [0.4, 0.5) is 5.69 Å². The quantitative estimate of drug-likeness (QED) is 0.637. The SMILES string of the molecule is CCOC(=O)c1cc(NC(=S)NCc2cccnc2)ccc1Cl. The highest BCUT2D eigenvalue weighted by Gasteiger charge is 2.12. The summed E-state index contributed by atoms with van der Waals surface area (Å²) in [5.41, 5.74) is 1.97. The van der Waals surface area contributed by atoms with Crippen molar-refractivity contribution in [2.45, 2.75) is 13.5 Å². The molecule has 0 bridgehead atoms. The van der Waals surface area contributed by atoms with Gasteiger partial charge in [0, 0.05) is 24.6 Å². The molecule has 1 aromatic heterocycles. The van der Waals surface area contributed by atoms with E-state index in [1.807, 2.05) is 12.1 Å². The first-order valence-electron chi connectivity index (χ1n) is 7.00. The summed E-state index contributed by atoms with van der Waals surface area (Å²) in [4.78, 5) is 15.9. The molecule has 5 nitrogen and oxygen atoms in total. The maximum Gasteiger partial charge on any atom is 0.339 e. The minimum absolute atomic E-state index is 0.290. The first-order chi connectivity index (χ1) is 11.1. The zero-order valence-electron chi connectivity index (χ0n) is 12.5. The molecule has 1 aromatic carbocycles. The number of hydrogen-bond acceptors (Lipinski definition) is 4. The number of carbonyl (C=O) groups excluding carboxylic acids is 1. The van der Waals surface area contributed by atoms with Crippen molar-refractivity contribution < 1.29 is 9.53 Å². The summed E-state index contributed by atoms with van der Waals surface area (Å²) >= 11 is 11.3. The molecule has 0 aliphatic carbocycles. The molecule has 1 heterocycles. The fraction of sp³-hybridized carbons (Fsp3) is 0.188. The molecular formula is C16H16ClN3O2S. The van der Waals surface area contributed by atoms with Gasteiger partial charge in [0.15, 0.2) is 5.11 Å². The summed E-state index contributed by atoms with van der Waals surface area (Å²) < 4.78 is 4.97. The molecule has 0 amide bonds. The number of anilines is 1. The number of rotatable bonds is 5. The van der Waals surface area contributed by atoms with E-state index in [1.165, 1.54) is 0 Å². The van der Waals surface area contributed by atoms with E-state index >= 15 is 0 Å². The van der Waals surface area contributed by atoms with Gasteiger partial charge in [0.2, 0.25) is 0 Å². The van der Waals surface area contributed by atoms with E-state index in [4.69, 9.17) is 28.6 Å². The lowest BCUT2D eigenvalue weighted by Gasteiger charge is -2.12. The Morgan fingerprint density at radius 2 is 2.22 bits per heavy atom. The Morgan fingerprint density at radius 3 is 2.91 bits per heavy atom. The molecule has 0 saturated heterocycles. The summed E-state index contributed by atoms with van der Waals surface area (Å²) in [7, 11) is 0. The van der Waals surface area contributed by atoms with E-state index < -0.39 is 5.97 Å². The molecule has 0 aliphatic rings. The molecule has 0 unspecified atom stereocenters. The Hall–Kier alpha value is -2.18. The van der Waals surface area contributed by atoms with Gasteiger partial charge in [0.25, 0.3) is 0 Å². The van der Waals surface area contributed by atoms with Crippen molar-refractivity contribution >= 4 is 40.6 Å². The fourth-order valence-electron chi connectivity index (χ4n) is 1.83. The summed E-state index contributed by atoms with van der Waals surface area (Å²) in [6.45, 7) is 2.58. The van der Waals surface area contributed by atoms with Crippen LogP contribution in [0.1, 0.15) is 22.8 Å². The third kappa shape index (κ3) is 5.19. The third-order valence-electron chi connectivity index (χ3n) is 2.90. The van der Waals surface area contributed by atoms with Gasteiger partial charge in [-0.3, -0.25) is 4.98 Å². The van der Waals surface area contributed by atoms with Gasteiger partial charge in [-0.05, 0) is 49.0 Å². The van der Waals surface area contributed by atoms with Crippen LogP contribution in [0.25, 0.3) is 0 Å². The molecule has 120 valence electrons. The van der Waals surface area contributed by atoms with Gasteiger partial charge in [-0.15, -0.1) is 0 Å². The lowest BCUT2D eigenvalue weighted by atomic mass is 10.2. The van der Waals surface area contributed by atoms with Crippen LogP contribution in [0.3, 0.4) is 0 Å². The highest BCUT2D eigenvalue weighted by Crippen LogP contribution is 2.21. The van der Waals surface area contributed by atoms with Crippen LogP contribution in [0, 0.1) is 0 Å². The number of benzene rings is 1. The fourth-order valence-corrected chi connectivity index (χ4v) is 2.21. The number of halogens is 1. The molecule has 0 radical (unpaired) electrons. The number of nitrogens with one attached hydrogen (secondary N) is 2. The number of nitrogens with zero attached hydrogens (tertiary/aromatic N) is 1. The maximum absolute atomic E-state index is 11.8. The van der Waals surface area contributed by atoms with Crippen LogP contribution in [0.2, 0.25) is 5.02 Å². The molecule has 0 saturated carbocycles. The smallest absolute Gasteiger partial charge is 0.339 e. The van der Waals surface area contributed by atoms with Crippen LogP contribution in [0.5, 0.6) is 0 Å². The second-order valence-corrected chi connectivity index (χ2v) is 5.40. The van der Waals surface area contributed by atoms with Crippen LogP contribution < -0.4 is 10.6 Å². The number of carbonyl (C=O) groups is 1. The highest BCUT2D eigenvalue weighted by atomic mass is 35.5. The average molecular weight is 350 g/mol. The van der Waals surface area contributed by atoms with Gasteiger partial charge in [-0.1, -0.05) is 17.7 Å². The minimum Gasteiger partial charge on any atom is -0.462 e. The first-order valence-corrected chi connectivity index (χ1v) is 7.79. The minimum atomic E-state index is -0.463. The number of pyridine rings is 1. The zero-order valence-corrected chi connectivity index (χ0v) is 14.1. The summed E-state index contributed by atoms with van der Waals surface area (Å²) in [6, 6.07) is 8.78. The second-order valence-electron chi connectivity index (χ2n) is 4.58. The molecule has 2 N–H and O–H groups in total. The lowest BCUT2D eigenvalue weighted by Crippen LogP contribution is -2.28. The third-order valence-corrected chi connectivity index (χ3v) is 3.47. The number of hydrogen-bond donors (Lipinski definition) is 2. The molecule has 0 fully saturated rings. The van der Waals surface area contributed by atoms with Crippen LogP contribution in [-0.2, 0) is 11.3 Å². The van der Waals surface area contributed by atoms with E-state index in [2.05, 4.69) is 15.6 Å². The Kier molecular flexibility index (Phi) is 6.31. The number of esters is 1. The molecule has 2 aromatic rings. The van der Waals surface area contributed by atoms with E-state index in [9.17, 15) is 4.79 Å². The summed E-state index contributed by atoms with van der Waals surface area (Å²) in [5.74, 6) is -0.463. The predicted octanol–water partition coefficient (Wildman–Crippen LogP) is 3.40. The lowest BCUT2D eigenvalue weighted by molar-refractivity contribution is 0.0526. The second kappa shape index (κ2) is 8.45. The van der Waals surface area contributed by atoms with Gasteiger partial charge in [-0.25, -0.2) is 4.79 Å². The predicted molar refractivity (Wildman–Crippen MR) is 94.7 cm³/mol. The monoisotopic (exact) mass is 349 g/mol. The van der Waals surface area contributed by atoms with E-state index in [0.717, 1.165) is 5.56 Å². The summed E-state index contributed by atoms with van der Waals surface area (Å²) in [6.07, 6.45) is 3.47. The van der Waals surface area contributed by atoms with Crippen molar-refractivity contribution in [3.05, 3.63) is 58.9 Å². The highest BCUT2D eigenvalue weighted by molar-refractivity contribution is 7.80. The van der Waals surface area contributed by atoms with Crippen LogP contribution in [0.15, 0.2) is 42.7 Å². The topological polar surface area (TPSA) is 63.2 Å². The summed E-state index contributed by atoms with van der Waals surface area (Å²) in [5, 5.41) is 6.85. The molecule has 7 heteroatoms. The standard InChI is InChI=1S/C16H16ClN3O2S/c1-2-22-15(21)13-8-12(5-6-14(13)17)20-16(23)19-10-11-4-3-7-18-9-11/h3-9H,2,10H2,1H3,(H2,19,20,23). The van der Waals surface area contributed by atoms with E-state index in [1.54, 1.807) is 37.5 Å².